The molecule has 0 radical (unpaired) electrons. The smallest absolute Gasteiger partial charge is 0.251 e. The Kier molecular flexibility index (Phi) is 2.19. The fourth-order valence-corrected chi connectivity index (χ4v) is 2.34. The van der Waals surface area contributed by atoms with E-state index in [0.29, 0.717) is 31.7 Å². The van der Waals surface area contributed by atoms with E-state index in [4.69, 9.17) is 9.47 Å². The van der Waals surface area contributed by atoms with Gasteiger partial charge in [0.05, 0.1) is 13.2 Å². The van der Waals surface area contributed by atoms with E-state index in [1.54, 1.807) is 0 Å². The van der Waals surface area contributed by atoms with Crippen molar-refractivity contribution in [2.75, 3.05) is 19.8 Å². The summed E-state index contributed by atoms with van der Waals surface area (Å²) >= 11 is 0. The van der Waals surface area contributed by atoms with E-state index in [1.165, 1.54) is 0 Å². The molecule has 1 aromatic rings. The molecule has 0 unspecified atom stereocenters. The Bertz CT molecular complexity index is 424. The lowest BCUT2D eigenvalue weighted by atomic mass is 9.98. The van der Waals surface area contributed by atoms with Crippen molar-refractivity contribution in [3.8, 4) is 0 Å². The van der Waals surface area contributed by atoms with Crippen molar-refractivity contribution >= 4 is 5.91 Å². The molecule has 0 atom stereocenters. The summed E-state index contributed by atoms with van der Waals surface area (Å²) in [6, 6.07) is 7.48. The fourth-order valence-electron chi connectivity index (χ4n) is 2.34. The molecule has 1 fully saturated rings. The molecule has 2 heterocycles. The van der Waals surface area contributed by atoms with Gasteiger partial charge >= 0.3 is 0 Å². The van der Waals surface area contributed by atoms with Crippen LogP contribution >= 0.6 is 0 Å². The van der Waals surface area contributed by atoms with Crippen LogP contribution in [0.1, 0.15) is 22.3 Å². The van der Waals surface area contributed by atoms with Gasteiger partial charge < -0.3 is 14.8 Å². The molecule has 16 heavy (non-hydrogen) atoms. The maximum absolute atomic E-state index is 11.8. The molecule has 1 amide bonds. The Morgan fingerprint density at radius 1 is 1.19 bits per heavy atom. The molecule has 1 N–H and O–H groups in total. The van der Waals surface area contributed by atoms with Gasteiger partial charge in [-0.05, 0) is 6.07 Å². The largest absolute Gasteiger partial charge is 0.352 e. The molecule has 2 aliphatic rings. The third-order valence-electron chi connectivity index (χ3n) is 3.08. The van der Waals surface area contributed by atoms with Crippen LogP contribution in [0, 0.1) is 0 Å². The van der Waals surface area contributed by atoms with E-state index < -0.39 is 5.79 Å². The summed E-state index contributed by atoms with van der Waals surface area (Å²) in [5, 5.41) is 2.85. The van der Waals surface area contributed by atoms with E-state index >= 15 is 0 Å². The molecule has 4 heteroatoms. The lowest BCUT2D eigenvalue weighted by Gasteiger charge is -2.26. The van der Waals surface area contributed by atoms with Crippen molar-refractivity contribution < 1.29 is 14.3 Å². The van der Waals surface area contributed by atoms with Crippen LogP contribution in [-0.4, -0.2) is 25.7 Å². The molecule has 0 aliphatic carbocycles. The van der Waals surface area contributed by atoms with Gasteiger partial charge in [0.25, 0.3) is 5.91 Å². The predicted molar refractivity (Wildman–Crippen MR) is 57.0 cm³/mol. The molecular weight excluding hydrogens is 206 g/mol. The maximum Gasteiger partial charge on any atom is 0.251 e. The average molecular weight is 219 g/mol. The van der Waals surface area contributed by atoms with E-state index in [9.17, 15) is 4.79 Å². The normalized spacial score (nSPS) is 22.6. The number of carbonyl (C=O) groups excluding carboxylic acids is 1. The lowest BCUT2D eigenvalue weighted by molar-refractivity contribution is -0.168. The summed E-state index contributed by atoms with van der Waals surface area (Å²) in [6.07, 6.45) is 0.662. The third-order valence-corrected chi connectivity index (χ3v) is 3.08. The van der Waals surface area contributed by atoms with Crippen LogP contribution < -0.4 is 5.32 Å². The summed E-state index contributed by atoms with van der Waals surface area (Å²) in [5.74, 6) is -0.762. The van der Waals surface area contributed by atoms with Gasteiger partial charge in [0, 0.05) is 24.1 Å². The van der Waals surface area contributed by atoms with Gasteiger partial charge in [0.15, 0.2) is 5.79 Å². The minimum absolute atomic E-state index is 0.0495. The number of benzene rings is 1. The SMILES string of the molecule is O=C1NCCC2(OCCO2)c2ccccc21. The van der Waals surface area contributed by atoms with Crippen molar-refractivity contribution in [1.82, 2.24) is 5.32 Å². The molecule has 0 bridgehead atoms. The highest BCUT2D eigenvalue weighted by atomic mass is 16.7. The second kappa shape index (κ2) is 3.57. The first kappa shape index (κ1) is 9.81. The van der Waals surface area contributed by atoms with Crippen LogP contribution in [0.15, 0.2) is 24.3 Å². The van der Waals surface area contributed by atoms with Crippen molar-refractivity contribution in [2.45, 2.75) is 12.2 Å². The molecule has 1 spiro atoms. The van der Waals surface area contributed by atoms with Crippen molar-refractivity contribution in [1.29, 1.82) is 0 Å². The molecule has 3 rings (SSSR count). The first-order chi connectivity index (χ1) is 7.82. The van der Waals surface area contributed by atoms with E-state index in [2.05, 4.69) is 5.32 Å². The number of ether oxygens (including phenoxy) is 2. The van der Waals surface area contributed by atoms with Gasteiger partial charge in [-0.1, -0.05) is 18.2 Å². The van der Waals surface area contributed by atoms with Crippen molar-refractivity contribution in [3.63, 3.8) is 0 Å². The quantitative estimate of drug-likeness (QED) is 0.708. The topological polar surface area (TPSA) is 47.6 Å². The number of amides is 1. The highest BCUT2D eigenvalue weighted by molar-refractivity contribution is 5.96. The zero-order valence-corrected chi connectivity index (χ0v) is 8.86. The van der Waals surface area contributed by atoms with E-state index in [0.717, 1.165) is 5.56 Å². The van der Waals surface area contributed by atoms with Gasteiger partial charge in [-0.3, -0.25) is 4.79 Å². The van der Waals surface area contributed by atoms with Crippen molar-refractivity contribution in [3.05, 3.63) is 35.4 Å². The van der Waals surface area contributed by atoms with Crippen LogP contribution in [0.2, 0.25) is 0 Å². The summed E-state index contributed by atoms with van der Waals surface area (Å²) in [7, 11) is 0. The van der Waals surface area contributed by atoms with Gasteiger partial charge in [-0.2, -0.15) is 0 Å². The number of fused-ring (bicyclic) bond motifs is 2. The summed E-state index contributed by atoms with van der Waals surface area (Å²) in [4.78, 5) is 11.8. The van der Waals surface area contributed by atoms with Crippen molar-refractivity contribution in [2.24, 2.45) is 0 Å². The third kappa shape index (κ3) is 1.34. The fraction of sp³-hybridized carbons (Fsp3) is 0.417. The van der Waals surface area contributed by atoms with Gasteiger partial charge in [-0.25, -0.2) is 0 Å². The number of rotatable bonds is 0. The summed E-state index contributed by atoms with van der Waals surface area (Å²) in [6.45, 7) is 1.75. The second-order valence-electron chi connectivity index (χ2n) is 4.00. The monoisotopic (exact) mass is 219 g/mol. The Balaban J connectivity index is 2.15. The molecule has 4 nitrogen and oxygen atoms in total. The number of nitrogens with one attached hydrogen (secondary N) is 1. The standard InChI is InChI=1S/C12H13NO3/c14-11-9-3-1-2-4-10(9)12(5-6-13-11)15-7-8-16-12/h1-4H,5-8H2,(H,13,14). The van der Waals surface area contributed by atoms with Gasteiger partial charge in [-0.15, -0.1) is 0 Å². The molecule has 84 valence electrons. The highest BCUT2D eigenvalue weighted by Crippen LogP contribution is 2.37. The minimum Gasteiger partial charge on any atom is -0.352 e. The zero-order chi connectivity index (χ0) is 11.0. The van der Waals surface area contributed by atoms with E-state index in [1.807, 2.05) is 24.3 Å². The summed E-state index contributed by atoms with van der Waals surface area (Å²) in [5.41, 5.74) is 1.50. The van der Waals surface area contributed by atoms with Gasteiger partial charge in [0.2, 0.25) is 0 Å². The number of carbonyl (C=O) groups is 1. The highest BCUT2D eigenvalue weighted by Gasteiger charge is 2.42. The first-order valence-corrected chi connectivity index (χ1v) is 5.47. The molecule has 0 aromatic heterocycles. The van der Waals surface area contributed by atoms with Crippen LogP contribution in [0.3, 0.4) is 0 Å². The molecule has 2 aliphatic heterocycles. The molecule has 1 saturated heterocycles. The number of hydrogen-bond donors (Lipinski definition) is 1. The Labute approximate surface area is 93.5 Å². The Hall–Kier alpha value is -1.39. The Morgan fingerprint density at radius 3 is 2.75 bits per heavy atom. The average Bonchev–Trinajstić information content (AvgIpc) is 2.73. The van der Waals surface area contributed by atoms with Gasteiger partial charge in [0.1, 0.15) is 0 Å². The molecule has 1 aromatic carbocycles. The molecule has 0 saturated carbocycles. The molecular formula is C12H13NO3. The Morgan fingerprint density at radius 2 is 1.94 bits per heavy atom. The van der Waals surface area contributed by atoms with Crippen LogP contribution in [0.5, 0.6) is 0 Å². The van der Waals surface area contributed by atoms with Crippen LogP contribution in [0.4, 0.5) is 0 Å². The van der Waals surface area contributed by atoms with E-state index in [-0.39, 0.29) is 5.91 Å². The minimum atomic E-state index is -0.713. The predicted octanol–water partition coefficient (Wildman–Crippen LogP) is 1.02. The summed E-state index contributed by atoms with van der Waals surface area (Å²) < 4.78 is 11.4. The first-order valence-electron chi connectivity index (χ1n) is 5.47. The van der Waals surface area contributed by atoms with Crippen LogP contribution in [0.25, 0.3) is 0 Å². The second-order valence-corrected chi connectivity index (χ2v) is 4.00. The van der Waals surface area contributed by atoms with Crippen LogP contribution in [-0.2, 0) is 15.3 Å². The zero-order valence-electron chi connectivity index (χ0n) is 8.86. The maximum atomic E-state index is 11.8. The lowest BCUT2D eigenvalue weighted by Crippen LogP contribution is -2.29. The number of hydrogen-bond acceptors (Lipinski definition) is 3.